The van der Waals surface area contributed by atoms with Crippen molar-refractivity contribution in [3.05, 3.63) is 25.3 Å². The van der Waals surface area contributed by atoms with Gasteiger partial charge in [-0.2, -0.15) is 0 Å². The van der Waals surface area contributed by atoms with E-state index in [0.717, 1.165) is 0 Å². The number of rotatable bonds is 7. The highest BCUT2D eigenvalue weighted by Crippen LogP contribution is 2.05. The Morgan fingerprint density at radius 3 is 1.94 bits per heavy atom. The normalized spacial score (nSPS) is 9.38. The molecule has 2 nitrogen and oxygen atoms in total. The van der Waals surface area contributed by atoms with Crippen molar-refractivity contribution in [1.82, 2.24) is 9.55 Å². The van der Waals surface area contributed by atoms with Crippen molar-refractivity contribution in [1.29, 1.82) is 0 Å². The van der Waals surface area contributed by atoms with Crippen molar-refractivity contribution >= 4 is 6.20 Å². The molecule has 1 aromatic heterocycles. The first-order valence-electron chi connectivity index (χ1n) is 6.45. The third kappa shape index (κ3) is 9.50. The molecule has 0 bridgehead atoms. The zero-order valence-corrected chi connectivity index (χ0v) is 10.9. The molecule has 0 saturated carbocycles. The smallest absolute Gasteiger partial charge is 0.0986 e. The van der Waals surface area contributed by atoms with Crippen LogP contribution in [0.15, 0.2) is 25.3 Å². The largest absolute Gasteiger partial charge is 0.314 e. The minimum atomic E-state index is 1.37. The fourth-order valence-corrected chi connectivity index (χ4v) is 1.41. The zero-order valence-electron chi connectivity index (χ0n) is 10.9. The molecule has 1 heterocycles. The molecule has 0 radical (unpaired) electrons. The average molecular weight is 222 g/mol. The number of nitrogens with zero attached hydrogens (tertiary/aromatic N) is 2. The van der Waals surface area contributed by atoms with Crippen LogP contribution in [0.5, 0.6) is 0 Å². The Hall–Kier alpha value is -1.05. The van der Waals surface area contributed by atoms with E-state index in [4.69, 9.17) is 0 Å². The maximum atomic E-state index is 3.78. The van der Waals surface area contributed by atoms with Gasteiger partial charge in [0.05, 0.1) is 6.33 Å². The summed E-state index contributed by atoms with van der Waals surface area (Å²) in [4.78, 5) is 3.78. The van der Waals surface area contributed by atoms with E-state index in [1.165, 1.54) is 44.9 Å². The second-order valence-corrected chi connectivity index (χ2v) is 3.96. The second-order valence-electron chi connectivity index (χ2n) is 3.96. The highest BCUT2D eigenvalue weighted by atomic mass is 15.0. The monoisotopic (exact) mass is 222 g/mol. The Kier molecular flexibility index (Phi) is 11.2. The van der Waals surface area contributed by atoms with Crippen molar-refractivity contribution in [2.24, 2.45) is 0 Å². The van der Waals surface area contributed by atoms with E-state index >= 15 is 0 Å². The van der Waals surface area contributed by atoms with Crippen molar-refractivity contribution in [2.45, 2.75) is 58.8 Å². The lowest BCUT2D eigenvalue weighted by Gasteiger charge is -1.96. The van der Waals surface area contributed by atoms with E-state index in [2.05, 4.69) is 25.4 Å². The summed E-state index contributed by atoms with van der Waals surface area (Å²) in [5.74, 6) is 0. The molecular formula is C14H26N2. The topological polar surface area (TPSA) is 17.8 Å². The minimum Gasteiger partial charge on any atom is -0.314 e. The van der Waals surface area contributed by atoms with Gasteiger partial charge in [-0.3, -0.25) is 0 Å². The van der Waals surface area contributed by atoms with E-state index in [1.807, 2.05) is 6.20 Å². The maximum absolute atomic E-state index is 3.78. The lowest BCUT2D eigenvalue weighted by Crippen LogP contribution is -1.76. The van der Waals surface area contributed by atoms with Crippen LogP contribution >= 0.6 is 0 Å². The third-order valence-electron chi connectivity index (χ3n) is 2.44. The van der Waals surface area contributed by atoms with Gasteiger partial charge < -0.3 is 4.57 Å². The van der Waals surface area contributed by atoms with Crippen molar-refractivity contribution in [2.75, 3.05) is 0 Å². The molecular weight excluding hydrogens is 196 g/mol. The highest BCUT2D eigenvalue weighted by Gasteiger charge is 1.85. The predicted molar refractivity (Wildman–Crippen MR) is 72.3 cm³/mol. The number of hydrogen-bond donors (Lipinski definition) is 0. The first-order chi connectivity index (χ1) is 7.85. The first-order valence-corrected chi connectivity index (χ1v) is 6.45. The van der Waals surface area contributed by atoms with E-state index in [0.29, 0.717) is 0 Å². The molecule has 0 aliphatic heterocycles. The summed E-state index contributed by atoms with van der Waals surface area (Å²) in [6.45, 7) is 8.05. The van der Waals surface area contributed by atoms with Gasteiger partial charge in [-0.25, -0.2) is 4.98 Å². The van der Waals surface area contributed by atoms with Crippen LogP contribution in [0.1, 0.15) is 58.8 Å². The molecule has 1 aromatic rings. The lowest BCUT2D eigenvalue weighted by atomic mass is 10.1. The molecule has 0 fully saturated rings. The van der Waals surface area contributed by atoms with Crippen LogP contribution in [0.25, 0.3) is 6.20 Å². The third-order valence-corrected chi connectivity index (χ3v) is 2.44. The molecule has 0 spiro atoms. The van der Waals surface area contributed by atoms with Gasteiger partial charge in [-0.1, -0.05) is 65.4 Å². The van der Waals surface area contributed by atoms with Crippen LogP contribution < -0.4 is 0 Å². The average Bonchev–Trinajstić information content (AvgIpc) is 2.83. The van der Waals surface area contributed by atoms with Crippen LogP contribution in [-0.2, 0) is 0 Å². The van der Waals surface area contributed by atoms with Gasteiger partial charge >= 0.3 is 0 Å². The molecule has 16 heavy (non-hydrogen) atoms. The van der Waals surface area contributed by atoms with E-state index in [-0.39, 0.29) is 0 Å². The Morgan fingerprint density at radius 1 is 1.06 bits per heavy atom. The molecule has 0 amide bonds. The summed E-state index contributed by atoms with van der Waals surface area (Å²) in [7, 11) is 0. The molecule has 0 aliphatic carbocycles. The van der Waals surface area contributed by atoms with Gasteiger partial charge in [0.2, 0.25) is 0 Å². The number of hydrogen-bond acceptors (Lipinski definition) is 1. The van der Waals surface area contributed by atoms with Crippen LogP contribution in [0.2, 0.25) is 0 Å². The maximum Gasteiger partial charge on any atom is 0.0986 e. The van der Waals surface area contributed by atoms with Crippen LogP contribution in [0, 0.1) is 0 Å². The molecule has 0 N–H and O–H groups in total. The molecule has 0 aromatic carbocycles. The molecule has 0 atom stereocenters. The Labute approximate surface area is 100 Å². The summed E-state index contributed by atoms with van der Waals surface area (Å²) in [6.07, 6.45) is 16.9. The molecule has 92 valence electrons. The SMILES string of the molecule is C=Cn1ccnc1.CCCCCCCCC. The fraction of sp³-hybridized carbons (Fsp3) is 0.643. The van der Waals surface area contributed by atoms with E-state index < -0.39 is 0 Å². The summed E-state index contributed by atoms with van der Waals surface area (Å²) in [6, 6.07) is 0. The molecule has 0 saturated heterocycles. The van der Waals surface area contributed by atoms with E-state index in [1.54, 1.807) is 23.3 Å². The molecule has 0 unspecified atom stereocenters. The second kappa shape index (κ2) is 12.0. The number of unbranched alkanes of at least 4 members (excludes halogenated alkanes) is 6. The number of imidazole rings is 1. The Balaban J connectivity index is 0.000000288. The van der Waals surface area contributed by atoms with Crippen molar-refractivity contribution in [3.8, 4) is 0 Å². The highest BCUT2D eigenvalue weighted by molar-refractivity contribution is 5.14. The van der Waals surface area contributed by atoms with Crippen LogP contribution in [0.4, 0.5) is 0 Å². The van der Waals surface area contributed by atoms with Crippen molar-refractivity contribution in [3.63, 3.8) is 0 Å². The van der Waals surface area contributed by atoms with Crippen LogP contribution in [0.3, 0.4) is 0 Å². The lowest BCUT2D eigenvalue weighted by molar-refractivity contribution is 0.602. The van der Waals surface area contributed by atoms with Gasteiger partial charge in [0.1, 0.15) is 0 Å². The predicted octanol–water partition coefficient (Wildman–Crippen LogP) is 4.74. The summed E-state index contributed by atoms with van der Waals surface area (Å²) >= 11 is 0. The van der Waals surface area contributed by atoms with Crippen molar-refractivity contribution < 1.29 is 0 Å². The van der Waals surface area contributed by atoms with Crippen LogP contribution in [-0.4, -0.2) is 9.55 Å². The minimum absolute atomic E-state index is 1.37. The summed E-state index contributed by atoms with van der Waals surface area (Å²) in [5.41, 5.74) is 0. The van der Waals surface area contributed by atoms with E-state index in [9.17, 15) is 0 Å². The van der Waals surface area contributed by atoms with Gasteiger partial charge in [-0.15, -0.1) is 0 Å². The number of aromatic nitrogens is 2. The molecule has 1 rings (SSSR count). The summed E-state index contributed by atoms with van der Waals surface area (Å²) < 4.78 is 1.78. The molecule has 2 heteroatoms. The van der Waals surface area contributed by atoms with Gasteiger partial charge in [0, 0.05) is 18.6 Å². The van der Waals surface area contributed by atoms with Gasteiger partial charge in [-0.05, 0) is 0 Å². The zero-order chi connectivity index (χ0) is 12.1. The van der Waals surface area contributed by atoms with Gasteiger partial charge in [0.15, 0.2) is 0 Å². The molecule has 0 aliphatic rings. The summed E-state index contributed by atoms with van der Waals surface area (Å²) in [5, 5.41) is 0. The standard InChI is InChI=1S/C9H20.C5H6N2/c1-3-5-7-9-8-6-4-2;1-2-7-4-3-6-5-7/h3-9H2,1-2H3;2-5H,1H2. The van der Waals surface area contributed by atoms with Gasteiger partial charge in [0.25, 0.3) is 0 Å². The Morgan fingerprint density at radius 2 is 1.62 bits per heavy atom. The Bertz CT molecular complexity index is 221. The fourth-order valence-electron chi connectivity index (χ4n) is 1.41. The first kappa shape index (κ1) is 14.9. The quantitative estimate of drug-likeness (QED) is 0.609.